The van der Waals surface area contributed by atoms with Crippen molar-refractivity contribution in [1.29, 1.82) is 0 Å². The highest BCUT2D eigenvalue weighted by Gasteiger charge is 2.27. The molecule has 2 aromatic heterocycles. The number of fused-ring (bicyclic) bond motifs is 3. The van der Waals surface area contributed by atoms with Crippen molar-refractivity contribution in [3.8, 4) is 11.3 Å². The normalized spacial score (nSPS) is 13.7. The molecule has 0 spiro atoms. The van der Waals surface area contributed by atoms with Crippen LogP contribution in [0.5, 0.6) is 0 Å². The summed E-state index contributed by atoms with van der Waals surface area (Å²) in [6.07, 6.45) is 4.99. The molecule has 146 valence electrons. The Balaban J connectivity index is 1.38. The molecule has 1 amide bonds. The lowest BCUT2D eigenvalue weighted by atomic mass is 10.0. The summed E-state index contributed by atoms with van der Waals surface area (Å²) in [4.78, 5) is 18.0. The van der Waals surface area contributed by atoms with Gasteiger partial charge in [-0.25, -0.2) is 0 Å². The number of nitrogens with zero attached hydrogens (tertiary/aromatic N) is 2. The molecule has 1 N–H and O–H groups in total. The first-order chi connectivity index (χ1) is 14.8. The molecule has 0 atom stereocenters. The van der Waals surface area contributed by atoms with Gasteiger partial charge in [-0.1, -0.05) is 60.7 Å². The van der Waals surface area contributed by atoms with Crippen molar-refractivity contribution >= 4 is 22.5 Å². The van der Waals surface area contributed by atoms with Crippen LogP contribution in [-0.2, 0) is 12.8 Å². The minimum Gasteiger partial charge on any atom is -0.432 e. The third-order valence-corrected chi connectivity index (χ3v) is 5.89. The maximum Gasteiger partial charge on any atom is 0.306 e. The quantitative estimate of drug-likeness (QED) is 0.486. The van der Waals surface area contributed by atoms with Crippen molar-refractivity contribution in [3.63, 3.8) is 0 Å². The standard InChI is InChI=1S/C25H19N3O2/c29-24(26-21-14-18-7-3-4-8-19(18)15-21)23-22(27-25-28(23)11-12-30-25)20-10-9-16-5-1-2-6-17(16)13-20/h1-13,21H,14-15H2,(H,26,29). The lowest BCUT2D eigenvalue weighted by Crippen LogP contribution is -2.36. The van der Waals surface area contributed by atoms with Gasteiger partial charge >= 0.3 is 5.84 Å². The smallest absolute Gasteiger partial charge is 0.306 e. The molecule has 1 aliphatic rings. The Morgan fingerprint density at radius 2 is 1.70 bits per heavy atom. The van der Waals surface area contributed by atoms with E-state index in [1.54, 1.807) is 16.9 Å². The van der Waals surface area contributed by atoms with Crippen molar-refractivity contribution in [2.24, 2.45) is 0 Å². The zero-order valence-electron chi connectivity index (χ0n) is 16.2. The number of rotatable bonds is 3. The number of imidazole rings is 1. The molecule has 0 saturated carbocycles. The molecule has 0 bridgehead atoms. The maximum absolute atomic E-state index is 13.4. The minimum atomic E-state index is -0.134. The first-order valence-electron chi connectivity index (χ1n) is 10.1. The SMILES string of the molecule is O=C(NC1Cc2ccccc2C1)c1c(-c2ccc3ccccc3c2)nc2occn12. The summed E-state index contributed by atoms with van der Waals surface area (Å²) in [5.74, 6) is 0.280. The Hall–Kier alpha value is -3.86. The predicted molar refractivity (Wildman–Crippen MR) is 116 cm³/mol. The van der Waals surface area contributed by atoms with Crippen molar-refractivity contribution in [2.75, 3.05) is 0 Å². The summed E-state index contributed by atoms with van der Waals surface area (Å²) in [5.41, 5.74) is 4.64. The fourth-order valence-electron chi connectivity index (χ4n) is 4.46. The third-order valence-electron chi connectivity index (χ3n) is 5.89. The van der Waals surface area contributed by atoms with E-state index >= 15 is 0 Å². The topological polar surface area (TPSA) is 59.5 Å². The Kier molecular flexibility index (Phi) is 3.74. The lowest BCUT2D eigenvalue weighted by Gasteiger charge is -2.12. The van der Waals surface area contributed by atoms with Crippen molar-refractivity contribution in [2.45, 2.75) is 18.9 Å². The zero-order chi connectivity index (χ0) is 20.1. The molecular formula is C25H19N3O2. The van der Waals surface area contributed by atoms with Crippen LogP contribution >= 0.6 is 0 Å². The first kappa shape index (κ1) is 17.0. The Labute approximate surface area is 173 Å². The average Bonchev–Trinajstić information content (AvgIpc) is 3.46. The second-order valence-electron chi connectivity index (χ2n) is 7.77. The lowest BCUT2D eigenvalue weighted by molar-refractivity contribution is 0.0933. The van der Waals surface area contributed by atoms with Crippen LogP contribution in [0, 0.1) is 0 Å². The minimum absolute atomic E-state index is 0.0804. The third kappa shape index (κ3) is 2.70. The molecular weight excluding hydrogens is 374 g/mol. The number of oxazole rings is 1. The van der Waals surface area contributed by atoms with E-state index < -0.39 is 0 Å². The number of hydrogen-bond donors (Lipinski definition) is 1. The molecule has 5 nitrogen and oxygen atoms in total. The molecule has 0 fully saturated rings. The molecule has 0 unspecified atom stereocenters. The highest BCUT2D eigenvalue weighted by atomic mass is 16.3. The monoisotopic (exact) mass is 393 g/mol. The van der Waals surface area contributed by atoms with Gasteiger partial charge in [-0.3, -0.25) is 9.20 Å². The van der Waals surface area contributed by atoms with Crippen molar-refractivity contribution in [1.82, 2.24) is 14.7 Å². The summed E-state index contributed by atoms with van der Waals surface area (Å²) in [6, 6.07) is 22.7. The van der Waals surface area contributed by atoms with Crippen LogP contribution in [-0.4, -0.2) is 21.3 Å². The van der Waals surface area contributed by atoms with Crippen molar-refractivity contribution in [3.05, 3.63) is 96.0 Å². The van der Waals surface area contributed by atoms with Crippen LogP contribution in [0.1, 0.15) is 21.6 Å². The van der Waals surface area contributed by atoms with Gasteiger partial charge in [0.15, 0.2) is 0 Å². The number of nitrogens with one attached hydrogen (secondary N) is 1. The van der Waals surface area contributed by atoms with Gasteiger partial charge in [0.05, 0.1) is 0 Å². The molecule has 30 heavy (non-hydrogen) atoms. The van der Waals surface area contributed by atoms with E-state index in [1.165, 1.54) is 11.1 Å². The van der Waals surface area contributed by atoms with Crippen LogP contribution < -0.4 is 5.32 Å². The molecule has 0 radical (unpaired) electrons. The van der Waals surface area contributed by atoms with Crippen molar-refractivity contribution < 1.29 is 9.21 Å². The predicted octanol–water partition coefficient (Wildman–Crippen LogP) is 4.64. The number of benzene rings is 3. The highest BCUT2D eigenvalue weighted by molar-refractivity contribution is 6.00. The molecule has 1 aliphatic carbocycles. The average molecular weight is 393 g/mol. The number of carbonyl (C=O) groups is 1. The molecule has 6 rings (SSSR count). The van der Waals surface area contributed by atoms with Crippen LogP contribution in [0.2, 0.25) is 0 Å². The summed E-state index contributed by atoms with van der Waals surface area (Å²) in [5, 5.41) is 5.48. The van der Waals surface area contributed by atoms with Gasteiger partial charge < -0.3 is 9.73 Å². The van der Waals surface area contributed by atoms with E-state index in [2.05, 4.69) is 46.7 Å². The largest absolute Gasteiger partial charge is 0.432 e. The maximum atomic E-state index is 13.4. The van der Waals surface area contributed by atoms with E-state index in [9.17, 15) is 4.79 Å². The van der Waals surface area contributed by atoms with Crippen LogP contribution in [0.4, 0.5) is 0 Å². The van der Waals surface area contributed by atoms with E-state index in [1.807, 2.05) is 30.3 Å². The van der Waals surface area contributed by atoms with Gasteiger partial charge in [0, 0.05) is 17.8 Å². The molecule has 0 aliphatic heterocycles. The van der Waals surface area contributed by atoms with Gasteiger partial charge in [-0.05, 0) is 40.8 Å². The van der Waals surface area contributed by atoms with Gasteiger partial charge in [0.25, 0.3) is 5.91 Å². The van der Waals surface area contributed by atoms with E-state index in [4.69, 9.17) is 4.42 Å². The number of hydrogen-bond acceptors (Lipinski definition) is 3. The first-order valence-corrected chi connectivity index (χ1v) is 10.1. The van der Waals surface area contributed by atoms with Crippen LogP contribution in [0.15, 0.2) is 83.6 Å². The summed E-state index contributed by atoms with van der Waals surface area (Å²) >= 11 is 0. The Bertz CT molecular complexity index is 1390. The molecule has 0 saturated heterocycles. The van der Waals surface area contributed by atoms with Gasteiger partial charge in [0.1, 0.15) is 17.7 Å². The Morgan fingerprint density at radius 3 is 2.50 bits per heavy atom. The zero-order valence-corrected chi connectivity index (χ0v) is 16.2. The van der Waals surface area contributed by atoms with Crippen LogP contribution in [0.25, 0.3) is 27.9 Å². The summed E-state index contributed by atoms with van der Waals surface area (Å²) in [7, 11) is 0. The number of carbonyl (C=O) groups excluding carboxylic acids is 1. The Morgan fingerprint density at radius 1 is 0.967 bits per heavy atom. The molecule has 2 heterocycles. The molecule has 5 aromatic rings. The fraction of sp³-hybridized carbons (Fsp3) is 0.120. The fourth-order valence-corrected chi connectivity index (χ4v) is 4.46. The van der Waals surface area contributed by atoms with E-state index in [-0.39, 0.29) is 11.9 Å². The number of aromatic nitrogens is 2. The molecule has 3 aromatic carbocycles. The highest BCUT2D eigenvalue weighted by Crippen LogP contribution is 2.29. The summed E-state index contributed by atoms with van der Waals surface area (Å²) < 4.78 is 7.22. The van der Waals surface area contributed by atoms with Gasteiger partial charge in [-0.2, -0.15) is 4.98 Å². The summed E-state index contributed by atoms with van der Waals surface area (Å²) in [6.45, 7) is 0. The second-order valence-corrected chi connectivity index (χ2v) is 7.77. The van der Waals surface area contributed by atoms with E-state index in [0.717, 1.165) is 29.2 Å². The second kappa shape index (κ2) is 6.59. The molecule has 5 heteroatoms. The van der Waals surface area contributed by atoms with Crippen LogP contribution in [0.3, 0.4) is 0 Å². The van der Waals surface area contributed by atoms with E-state index in [0.29, 0.717) is 17.2 Å². The van der Waals surface area contributed by atoms with Gasteiger partial charge in [0.2, 0.25) is 0 Å². The van der Waals surface area contributed by atoms with Gasteiger partial charge in [-0.15, -0.1) is 0 Å². The number of amides is 1.